The number of amides is 1. The molecule has 2 N–H and O–H groups in total. The van der Waals surface area contributed by atoms with Crippen LogP contribution >= 0.6 is 11.6 Å². The molecule has 0 radical (unpaired) electrons. The summed E-state index contributed by atoms with van der Waals surface area (Å²) in [5, 5.41) is 15.2. The molecule has 0 saturated carbocycles. The standard InChI is InChI=1S/C18H17ClN4O/c1-23(2)15-7-5-6-14(10-15)21-12-13(11-20)18(24)22-17-9-4-3-8-16(17)19/h3-10,12,21H,1-2H3,(H,22,24)/b13-12-. The minimum Gasteiger partial charge on any atom is -0.378 e. The molecule has 122 valence electrons. The second-order valence-electron chi connectivity index (χ2n) is 5.19. The van der Waals surface area contributed by atoms with Crippen LogP contribution in [0.1, 0.15) is 0 Å². The molecule has 0 atom stereocenters. The fourth-order valence-electron chi connectivity index (χ4n) is 1.93. The molecule has 6 heteroatoms. The number of halogens is 1. The van der Waals surface area contributed by atoms with Crippen LogP contribution < -0.4 is 15.5 Å². The van der Waals surface area contributed by atoms with Crippen LogP contribution in [0.3, 0.4) is 0 Å². The first kappa shape index (κ1) is 17.4. The highest BCUT2D eigenvalue weighted by Gasteiger charge is 2.11. The van der Waals surface area contributed by atoms with Crippen molar-refractivity contribution in [1.29, 1.82) is 5.26 Å². The zero-order valence-corrected chi connectivity index (χ0v) is 14.1. The second kappa shape index (κ2) is 8.04. The average Bonchev–Trinajstić information content (AvgIpc) is 2.57. The molecule has 2 aromatic carbocycles. The molecule has 1 amide bonds. The number of benzene rings is 2. The molecule has 0 aromatic heterocycles. The molecule has 0 aliphatic heterocycles. The van der Waals surface area contributed by atoms with Crippen molar-refractivity contribution in [3.63, 3.8) is 0 Å². The van der Waals surface area contributed by atoms with Gasteiger partial charge in [0.1, 0.15) is 11.6 Å². The first-order valence-electron chi connectivity index (χ1n) is 7.21. The maximum Gasteiger partial charge on any atom is 0.267 e. The topological polar surface area (TPSA) is 68.2 Å². The van der Waals surface area contributed by atoms with Crippen molar-refractivity contribution in [2.75, 3.05) is 29.6 Å². The highest BCUT2D eigenvalue weighted by atomic mass is 35.5. The third-order valence-electron chi connectivity index (χ3n) is 3.23. The number of carbonyl (C=O) groups excluding carboxylic acids is 1. The Morgan fingerprint density at radius 2 is 1.96 bits per heavy atom. The van der Waals surface area contributed by atoms with Gasteiger partial charge in [0.05, 0.1) is 10.7 Å². The molecular formula is C18H17ClN4O. The van der Waals surface area contributed by atoms with Crippen molar-refractivity contribution >= 4 is 34.6 Å². The lowest BCUT2D eigenvalue weighted by Crippen LogP contribution is -2.15. The van der Waals surface area contributed by atoms with Crippen molar-refractivity contribution in [2.45, 2.75) is 0 Å². The van der Waals surface area contributed by atoms with Gasteiger partial charge in [0.2, 0.25) is 0 Å². The summed E-state index contributed by atoms with van der Waals surface area (Å²) in [7, 11) is 3.87. The SMILES string of the molecule is CN(C)c1cccc(N/C=C(/C#N)C(=O)Nc2ccccc2Cl)c1. The largest absolute Gasteiger partial charge is 0.378 e. The lowest BCUT2D eigenvalue weighted by atomic mass is 10.2. The van der Waals surface area contributed by atoms with E-state index < -0.39 is 5.91 Å². The third-order valence-corrected chi connectivity index (χ3v) is 3.56. The molecule has 2 aromatic rings. The highest BCUT2D eigenvalue weighted by Crippen LogP contribution is 2.21. The Morgan fingerprint density at radius 3 is 2.62 bits per heavy atom. The summed E-state index contributed by atoms with van der Waals surface area (Å²) in [4.78, 5) is 14.1. The van der Waals surface area contributed by atoms with Crippen molar-refractivity contribution in [3.8, 4) is 6.07 Å². The Bertz CT molecular complexity index is 809. The monoisotopic (exact) mass is 340 g/mol. The normalized spacial score (nSPS) is 10.7. The van der Waals surface area contributed by atoms with Crippen molar-refractivity contribution < 1.29 is 4.79 Å². The van der Waals surface area contributed by atoms with Gasteiger partial charge in [0.25, 0.3) is 5.91 Å². The maximum absolute atomic E-state index is 12.2. The number of nitriles is 1. The molecule has 0 aliphatic rings. The fourth-order valence-corrected chi connectivity index (χ4v) is 2.11. The predicted octanol–water partition coefficient (Wildman–Crippen LogP) is 3.86. The summed E-state index contributed by atoms with van der Waals surface area (Å²) in [5.74, 6) is -0.526. The van der Waals surface area contributed by atoms with E-state index in [1.54, 1.807) is 24.3 Å². The molecule has 0 saturated heterocycles. The van der Waals surface area contributed by atoms with Crippen LogP contribution in [0.2, 0.25) is 5.02 Å². The van der Waals surface area contributed by atoms with E-state index >= 15 is 0 Å². The van der Waals surface area contributed by atoms with Crippen LogP contribution in [0.15, 0.2) is 60.3 Å². The van der Waals surface area contributed by atoms with Gasteiger partial charge in [-0.2, -0.15) is 5.26 Å². The van der Waals surface area contributed by atoms with Gasteiger partial charge in [-0.25, -0.2) is 0 Å². The van der Waals surface area contributed by atoms with Gasteiger partial charge in [0, 0.05) is 31.7 Å². The Balaban J connectivity index is 2.12. The van der Waals surface area contributed by atoms with Gasteiger partial charge in [-0.15, -0.1) is 0 Å². The number of anilines is 3. The number of hydrogen-bond acceptors (Lipinski definition) is 4. The van der Waals surface area contributed by atoms with E-state index in [1.165, 1.54) is 6.20 Å². The number of para-hydroxylation sites is 1. The smallest absolute Gasteiger partial charge is 0.267 e. The number of nitrogens with zero attached hydrogens (tertiary/aromatic N) is 2. The first-order chi connectivity index (χ1) is 11.5. The molecule has 2 rings (SSSR count). The van der Waals surface area contributed by atoms with E-state index in [9.17, 15) is 10.1 Å². The van der Waals surface area contributed by atoms with Gasteiger partial charge in [0.15, 0.2) is 0 Å². The van der Waals surface area contributed by atoms with Gasteiger partial charge in [-0.05, 0) is 30.3 Å². The van der Waals surface area contributed by atoms with E-state index in [2.05, 4.69) is 10.6 Å². The van der Waals surface area contributed by atoms with E-state index in [-0.39, 0.29) is 5.57 Å². The average molecular weight is 341 g/mol. The summed E-state index contributed by atoms with van der Waals surface area (Å²) >= 11 is 6.00. The fraction of sp³-hybridized carbons (Fsp3) is 0.111. The van der Waals surface area contributed by atoms with Crippen LogP contribution in [0, 0.1) is 11.3 Å². The quantitative estimate of drug-likeness (QED) is 0.640. The van der Waals surface area contributed by atoms with Crippen LogP contribution in [-0.4, -0.2) is 20.0 Å². The maximum atomic E-state index is 12.2. The zero-order chi connectivity index (χ0) is 17.5. The van der Waals surface area contributed by atoms with Crippen LogP contribution in [0.5, 0.6) is 0 Å². The summed E-state index contributed by atoms with van der Waals surface area (Å²) in [6, 6.07) is 16.3. The summed E-state index contributed by atoms with van der Waals surface area (Å²) < 4.78 is 0. The molecule has 0 fully saturated rings. The van der Waals surface area contributed by atoms with Crippen LogP contribution in [-0.2, 0) is 4.79 Å². The molecule has 0 unspecified atom stereocenters. The molecule has 0 aliphatic carbocycles. The Kier molecular flexibility index (Phi) is 5.83. The van der Waals surface area contributed by atoms with Crippen molar-refractivity contribution in [1.82, 2.24) is 0 Å². The highest BCUT2D eigenvalue weighted by molar-refractivity contribution is 6.33. The van der Waals surface area contributed by atoms with Gasteiger partial charge >= 0.3 is 0 Å². The summed E-state index contributed by atoms with van der Waals surface area (Å²) in [6.45, 7) is 0. The van der Waals surface area contributed by atoms with Crippen molar-refractivity contribution in [3.05, 3.63) is 65.3 Å². The molecule has 0 heterocycles. The minimum atomic E-state index is -0.526. The first-order valence-corrected chi connectivity index (χ1v) is 7.59. The lowest BCUT2D eigenvalue weighted by Gasteiger charge is -2.13. The van der Waals surface area contributed by atoms with Gasteiger partial charge < -0.3 is 15.5 Å². The zero-order valence-electron chi connectivity index (χ0n) is 13.4. The van der Waals surface area contributed by atoms with E-state index in [4.69, 9.17) is 11.6 Å². The summed E-state index contributed by atoms with van der Waals surface area (Å²) in [5.41, 5.74) is 2.19. The molecule has 24 heavy (non-hydrogen) atoms. The lowest BCUT2D eigenvalue weighted by molar-refractivity contribution is -0.112. The molecule has 5 nitrogen and oxygen atoms in total. The minimum absolute atomic E-state index is 0.0508. The Morgan fingerprint density at radius 1 is 1.21 bits per heavy atom. The van der Waals surface area contributed by atoms with Gasteiger partial charge in [-0.1, -0.05) is 29.8 Å². The molecule has 0 spiro atoms. The summed E-state index contributed by atoms with van der Waals surface area (Å²) in [6.07, 6.45) is 1.38. The van der Waals surface area contributed by atoms with E-state index in [0.717, 1.165) is 11.4 Å². The number of rotatable bonds is 5. The number of carbonyl (C=O) groups is 1. The second-order valence-corrected chi connectivity index (χ2v) is 5.60. The number of hydrogen-bond donors (Lipinski definition) is 2. The van der Waals surface area contributed by atoms with Crippen molar-refractivity contribution in [2.24, 2.45) is 0 Å². The van der Waals surface area contributed by atoms with Gasteiger partial charge in [-0.3, -0.25) is 4.79 Å². The third kappa shape index (κ3) is 4.51. The van der Waals surface area contributed by atoms with E-state index in [1.807, 2.05) is 49.3 Å². The molecule has 0 bridgehead atoms. The molecular weight excluding hydrogens is 324 g/mol. The predicted molar refractivity (Wildman–Crippen MR) is 98.2 cm³/mol. The van der Waals surface area contributed by atoms with Crippen LogP contribution in [0.25, 0.3) is 0 Å². The Labute approximate surface area is 146 Å². The van der Waals surface area contributed by atoms with E-state index in [0.29, 0.717) is 10.7 Å². The number of nitrogens with one attached hydrogen (secondary N) is 2. The Hall–Kier alpha value is -2.97. The van der Waals surface area contributed by atoms with Crippen LogP contribution in [0.4, 0.5) is 17.1 Å².